The molecule has 0 atom stereocenters. The van der Waals surface area contributed by atoms with Crippen LogP contribution in [0.15, 0.2) is 23.7 Å². The Hall–Kier alpha value is -2.28. The van der Waals surface area contributed by atoms with Crippen LogP contribution in [0.4, 0.5) is 0 Å². The molecule has 0 aliphatic carbocycles. The summed E-state index contributed by atoms with van der Waals surface area (Å²) in [6.45, 7) is 0. The zero-order valence-electron chi connectivity index (χ0n) is 8.32. The van der Waals surface area contributed by atoms with Crippen molar-refractivity contribution in [3.05, 3.63) is 35.1 Å². The molecular formula is C10H6N2O4S. The molecule has 2 N–H and O–H groups in total. The molecule has 6 nitrogen and oxygen atoms in total. The minimum atomic E-state index is -1.17. The van der Waals surface area contributed by atoms with Gasteiger partial charge in [0, 0.05) is 17.1 Å². The second-order valence-corrected chi connectivity index (χ2v) is 3.91. The second-order valence-electron chi connectivity index (χ2n) is 3.05. The third-order valence-corrected chi connectivity index (χ3v) is 2.84. The van der Waals surface area contributed by atoms with E-state index in [4.69, 9.17) is 10.2 Å². The topological polar surface area (TPSA) is 100 Å². The molecule has 0 aliphatic heterocycles. The molecule has 0 aliphatic rings. The van der Waals surface area contributed by atoms with Gasteiger partial charge in [0.1, 0.15) is 5.01 Å². The summed E-state index contributed by atoms with van der Waals surface area (Å²) >= 11 is 1.07. The molecule has 2 heterocycles. The Morgan fingerprint density at radius 1 is 1.24 bits per heavy atom. The molecule has 86 valence electrons. The Morgan fingerprint density at radius 2 is 2.00 bits per heavy atom. The van der Waals surface area contributed by atoms with Crippen LogP contribution in [0, 0.1) is 0 Å². The number of aromatic carboxylic acids is 2. The number of thiazole rings is 1. The number of rotatable bonds is 3. The number of nitrogens with zero attached hydrogens (tertiary/aromatic N) is 2. The van der Waals surface area contributed by atoms with Crippen molar-refractivity contribution in [1.29, 1.82) is 0 Å². The summed E-state index contributed by atoms with van der Waals surface area (Å²) in [5.74, 6) is -2.32. The van der Waals surface area contributed by atoms with Gasteiger partial charge in [0.05, 0.1) is 0 Å². The maximum absolute atomic E-state index is 10.9. The third-order valence-electron chi connectivity index (χ3n) is 1.96. The van der Waals surface area contributed by atoms with Gasteiger partial charge in [-0.3, -0.25) is 0 Å². The Kier molecular flexibility index (Phi) is 2.84. The van der Waals surface area contributed by atoms with Gasteiger partial charge < -0.3 is 10.2 Å². The van der Waals surface area contributed by atoms with Gasteiger partial charge in [-0.05, 0) is 12.1 Å². The van der Waals surface area contributed by atoms with Crippen LogP contribution in [0.5, 0.6) is 0 Å². The van der Waals surface area contributed by atoms with Gasteiger partial charge in [0.15, 0.2) is 11.4 Å². The number of pyridine rings is 1. The van der Waals surface area contributed by atoms with Crippen molar-refractivity contribution >= 4 is 23.3 Å². The smallest absolute Gasteiger partial charge is 0.355 e. The lowest BCUT2D eigenvalue weighted by Gasteiger charge is -2.00. The van der Waals surface area contributed by atoms with Crippen LogP contribution >= 0.6 is 11.3 Å². The summed E-state index contributed by atoms with van der Waals surface area (Å²) in [6.07, 6.45) is 1.36. The highest BCUT2D eigenvalue weighted by Crippen LogP contribution is 2.25. The predicted octanol–water partition coefficient (Wildman–Crippen LogP) is 1.60. The minimum Gasteiger partial charge on any atom is -0.476 e. The third kappa shape index (κ3) is 2.13. The zero-order valence-corrected chi connectivity index (χ0v) is 9.14. The SMILES string of the molecule is O=C(O)c1csc(-c2cccnc2C(=O)O)n1. The normalized spacial score (nSPS) is 10.1. The van der Waals surface area contributed by atoms with Crippen molar-refractivity contribution in [3.8, 4) is 10.6 Å². The molecule has 0 aromatic carbocycles. The fourth-order valence-corrected chi connectivity index (χ4v) is 2.06. The Balaban J connectivity index is 2.52. The highest BCUT2D eigenvalue weighted by Gasteiger charge is 2.17. The van der Waals surface area contributed by atoms with Crippen LogP contribution in [0.1, 0.15) is 21.0 Å². The van der Waals surface area contributed by atoms with Gasteiger partial charge in [0.2, 0.25) is 0 Å². The van der Waals surface area contributed by atoms with Gasteiger partial charge >= 0.3 is 11.9 Å². The molecule has 0 bridgehead atoms. The molecule has 0 spiro atoms. The quantitative estimate of drug-likeness (QED) is 0.858. The number of aromatic nitrogens is 2. The first kappa shape index (κ1) is 11.2. The molecule has 0 amide bonds. The first-order chi connectivity index (χ1) is 8.09. The predicted molar refractivity (Wildman–Crippen MR) is 59.3 cm³/mol. The standard InChI is InChI=1S/C10H6N2O4S/c13-9(14)6-4-17-8(12-6)5-2-1-3-11-7(5)10(15)16/h1-4H,(H,13,14)(H,15,16). The van der Waals surface area contributed by atoms with E-state index in [1.165, 1.54) is 11.6 Å². The molecule has 0 fully saturated rings. The first-order valence-electron chi connectivity index (χ1n) is 4.47. The molecular weight excluding hydrogens is 244 g/mol. The minimum absolute atomic E-state index is 0.106. The summed E-state index contributed by atoms with van der Waals surface area (Å²) in [4.78, 5) is 29.2. The average Bonchev–Trinajstić information content (AvgIpc) is 2.78. The summed E-state index contributed by atoms with van der Waals surface area (Å²) in [7, 11) is 0. The fraction of sp³-hybridized carbons (Fsp3) is 0. The molecule has 0 unspecified atom stereocenters. The first-order valence-corrected chi connectivity index (χ1v) is 5.35. The van der Waals surface area contributed by atoms with Gasteiger partial charge in [-0.25, -0.2) is 19.6 Å². The zero-order chi connectivity index (χ0) is 12.4. The van der Waals surface area contributed by atoms with Crippen LogP contribution in [0.2, 0.25) is 0 Å². The lowest BCUT2D eigenvalue weighted by atomic mass is 10.2. The lowest BCUT2D eigenvalue weighted by Crippen LogP contribution is -2.03. The number of carboxylic acid groups (broad SMARTS) is 2. The van der Waals surface area contributed by atoms with Crippen LogP contribution in [0.25, 0.3) is 10.6 Å². The number of carbonyl (C=O) groups is 2. The number of carboxylic acids is 2. The van der Waals surface area contributed by atoms with Crippen molar-refractivity contribution in [2.45, 2.75) is 0 Å². The van der Waals surface area contributed by atoms with E-state index in [9.17, 15) is 9.59 Å². The molecule has 2 rings (SSSR count). The summed E-state index contributed by atoms with van der Waals surface area (Å²) in [5.41, 5.74) is 0.0708. The molecule has 2 aromatic rings. The van der Waals surface area contributed by atoms with E-state index in [2.05, 4.69) is 9.97 Å². The maximum atomic E-state index is 10.9. The van der Waals surface area contributed by atoms with Gasteiger partial charge in [0.25, 0.3) is 0 Å². The van der Waals surface area contributed by atoms with Crippen LogP contribution in [-0.2, 0) is 0 Å². The van der Waals surface area contributed by atoms with Crippen molar-refractivity contribution in [2.24, 2.45) is 0 Å². The second kappa shape index (κ2) is 4.30. The molecule has 0 saturated carbocycles. The number of hydrogen-bond acceptors (Lipinski definition) is 5. The monoisotopic (exact) mass is 250 g/mol. The van der Waals surface area contributed by atoms with Crippen LogP contribution < -0.4 is 0 Å². The Bertz CT molecular complexity index is 593. The van der Waals surface area contributed by atoms with Crippen molar-refractivity contribution in [2.75, 3.05) is 0 Å². The van der Waals surface area contributed by atoms with E-state index in [-0.39, 0.29) is 11.4 Å². The average molecular weight is 250 g/mol. The fourth-order valence-electron chi connectivity index (χ4n) is 1.24. The summed E-state index contributed by atoms with van der Waals surface area (Å²) < 4.78 is 0. The van der Waals surface area contributed by atoms with Gasteiger partial charge in [-0.1, -0.05) is 0 Å². The van der Waals surface area contributed by atoms with Crippen molar-refractivity contribution in [3.63, 3.8) is 0 Å². The summed E-state index contributed by atoms with van der Waals surface area (Å²) in [5, 5.41) is 19.4. The maximum Gasteiger partial charge on any atom is 0.355 e. The highest BCUT2D eigenvalue weighted by atomic mass is 32.1. The number of hydrogen-bond donors (Lipinski definition) is 2. The van der Waals surface area contributed by atoms with E-state index < -0.39 is 11.9 Å². The van der Waals surface area contributed by atoms with Crippen molar-refractivity contribution in [1.82, 2.24) is 9.97 Å². The lowest BCUT2D eigenvalue weighted by molar-refractivity contribution is 0.0682. The Morgan fingerprint density at radius 3 is 2.59 bits per heavy atom. The van der Waals surface area contributed by atoms with E-state index in [1.54, 1.807) is 12.1 Å². The van der Waals surface area contributed by atoms with E-state index in [0.717, 1.165) is 11.3 Å². The molecule has 2 aromatic heterocycles. The van der Waals surface area contributed by atoms with Crippen LogP contribution in [0.3, 0.4) is 0 Å². The van der Waals surface area contributed by atoms with Crippen LogP contribution in [-0.4, -0.2) is 32.1 Å². The van der Waals surface area contributed by atoms with E-state index in [1.807, 2.05) is 0 Å². The molecule has 0 radical (unpaired) electrons. The largest absolute Gasteiger partial charge is 0.476 e. The molecule has 7 heteroatoms. The highest BCUT2D eigenvalue weighted by molar-refractivity contribution is 7.13. The summed E-state index contributed by atoms with van der Waals surface area (Å²) in [6, 6.07) is 3.12. The van der Waals surface area contributed by atoms with Gasteiger partial charge in [-0.2, -0.15) is 0 Å². The van der Waals surface area contributed by atoms with E-state index in [0.29, 0.717) is 10.6 Å². The van der Waals surface area contributed by atoms with Gasteiger partial charge in [-0.15, -0.1) is 11.3 Å². The molecule has 0 saturated heterocycles. The van der Waals surface area contributed by atoms with E-state index >= 15 is 0 Å². The molecule has 17 heavy (non-hydrogen) atoms. The van der Waals surface area contributed by atoms with Crippen molar-refractivity contribution < 1.29 is 19.8 Å². The Labute approximate surface area is 99.2 Å².